The molecule has 0 unspecified atom stereocenters. The van der Waals surface area contributed by atoms with Gasteiger partial charge in [0.2, 0.25) is 0 Å². The number of aryl methyl sites for hydroxylation is 2. The summed E-state index contributed by atoms with van der Waals surface area (Å²) in [5, 5.41) is 0. The molecule has 0 heterocycles. The highest BCUT2D eigenvalue weighted by Crippen LogP contribution is 2.59. The van der Waals surface area contributed by atoms with Crippen molar-refractivity contribution in [3.05, 3.63) is 58.7 Å². The summed E-state index contributed by atoms with van der Waals surface area (Å²) < 4.78 is 135. The average molecular weight is 841 g/mol. The molecule has 0 aromatic heterocycles. The van der Waals surface area contributed by atoms with E-state index in [0.717, 1.165) is 62.5 Å². The van der Waals surface area contributed by atoms with Gasteiger partial charge in [0.15, 0.2) is 0 Å². The zero-order valence-corrected chi connectivity index (χ0v) is 34.5. The molecule has 2 aromatic rings. The lowest BCUT2D eigenvalue weighted by molar-refractivity contribution is -0.223. The lowest BCUT2D eigenvalue weighted by Crippen LogP contribution is -2.51. The van der Waals surface area contributed by atoms with Crippen LogP contribution in [0, 0.1) is 23.7 Å². The number of hydrogen-bond donors (Lipinski definition) is 0. The molecule has 2 fully saturated rings. The van der Waals surface area contributed by atoms with E-state index in [1.54, 1.807) is 12.1 Å². The minimum atomic E-state index is -3.78. The van der Waals surface area contributed by atoms with Crippen molar-refractivity contribution in [3.8, 4) is 11.5 Å². The largest absolute Gasteiger partial charge is 0.426 e. The van der Waals surface area contributed by atoms with Gasteiger partial charge in [-0.3, -0.25) is 9.59 Å². The van der Waals surface area contributed by atoms with E-state index in [-0.39, 0.29) is 37.2 Å². The summed E-state index contributed by atoms with van der Waals surface area (Å²) in [7, 11) is 0. The third-order valence-electron chi connectivity index (χ3n) is 13.7. The van der Waals surface area contributed by atoms with Gasteiger partial charge in [0.1, 0.15) is 11.5 Å². The molecule has 0 atom stereocenters. The number of benzene rings is 2. The van der Waals surface area contributed by atoms with E-state index in [1.807, 2.05) is 26.0 Å². The number of rotatable bonds is 18. The van der Waals surface area contributed by atoms with Gasteiger partial charge < -0.3 is 9.47 Å². The predicted molar refractivity (Wildman–Crippen MR) is 210 cm³/mol. The van der Waals surface area contributed by atoms with Crippen LogP contribution in [0.2, 0.25) is 0 Å². The number of halogens is 8. The number of alkyl halides is 8. The van der Waals surface area contributed by atoms with Crippen molar-refractivity contribution in [1.29, 1.82) is 0 Å². The summed E-state index contributed by atoms with van der Waals surface area (Å²) >= 11 is 0. The van der Waals surface area contributed by atoms with Gasteiger partial charge in [-0.05, 0) is 61.8 Å². The molecule has 0 amide bonds. The van der Waals surface area contributed by atoms with Crippen molar-refractivity contribution in [2.24, 2.45) is 23.7 Å². The quantitative estimate of drug-likeness (QED) is 0.0649. The van der Waals surface area contributed by atoms with Gasteiger partial charge in [-0.1, -0.05) is 115 Å². The summed E-state index contributed by atoms with van der Waals surface area (Å²) in [6.45, 7) is 4.09. The standard InChI is InChI=1S/C47H60F8O4/c1-3-5-7-9-11-13-21-37-44(48,49)27-33(28-45(37,50)51)41(56)58-35-19-15-17-31-23-25-43(39(31)35)26-24-32-18-16-20-36(40(32)43)59-42(57)34-29-46(52,53)38(47(54,55)30-34)22-14-12-10-8-6-4-2/h15-20,33-34,37-38H,3-14,21-30H2,1-2H3. The van der Waals surface area contributed by atoms with Crippen LogP contribution in [-0.2, 0) is 27.8 Å². The molecule has 4 nitrogen and oxygen atoms in total. The van der Waals surface area contributed by atoms with Crippen LogP contribution in [0.5, 0.6) is 11.5 Å². The first kappa shape index (κ1) is 45.3. The first-order valence-electron chi connectivity index (χ1n) is 22.1. The Bertz CT molecular complexity index is 1610. The maximum atomic E-state index is 15.4. The number of ether oxygens (including phenoxy) is 2. The molecule has 0 bridgehead atoms. The minimum absolute atomic E-state index is 0.0304. The topological polar surface area (TPSA) is 52.6 Å². The molecule has 0 radical (unpaired) electrons. The van der Waals surface area contributed by atoms with Crippen molar-refractivity contribution in [3.63, 3.8) is 0 Å². The van der Waals surface area contributed by atoms with Crippen molar-refractivity contribution in [2.45, 2.75) is 184 Å². The monoisotopic (exact) mass is 840 g/mol. The van der Waals surface area contributed by atoms with Crippen molar-refractivity contribution in [1.82, 2.24) is 0 Å². The summed E-state index contributed by atoms with van der Waals surface area (Å²) in [5.74, 6) is -25.2. The van der Waals surface area contributed by atoms with E-state index in [1.165, 1.54) is 12.1 Å². The van der Waals surface area contributed by atoms with Gasteiger partial charge in [-0.15, -0.1) is 0 Å². The van der Waals surface area contributed by atoms with E-state index in [9.17, 15) is 9.59 Å². The molecule has 4 aliphatic rings. The number of unbranched alkanes of at least 4 members (excludes halogenated alkanes) is 10. The molecule has 0 N–H and O–H groups in total. The number of esters is 2. The van der Waals surface area contributed by atoms with Crippen molar-refractivity contribution < 1.29 is 54.2 Å². The van der Waals surface area contributed by atoms with Gasteiger partial charge in [-0.25, -0.2) is 35.1 Å². The zero-order chi connectivity index (χ0) is 42.6. The number of carbonyl (C=O) groups excluding carboxylic acids is 2. The molecular weight excluding hydrogens is 780 g/mol. The van der Waals surface area contributed by atoms with Crippen LogP contribution >= 0.6 is 0 Å². The fraction of sp³-hybridized carbons (Fsp3) is 0.702. The SMILES string of the molecule is CCCCCCCCC1C(F)(F)CC(C(=O)Oc2cccc3c2C2(CC3)CCc3cccc(OC(=O)C4CC(F)(F)C(CCCCCCCC)C(F)(F)C4)c32)CC1(F)F. The number of carbonyl (C=O) groups is 2. The van der Waals surface area contributed by atoms with E-state index in [4.69, 9.17) is 9.47 Å². The first-order chi connectivity index (χ1) is 28.0. The Morgan fingerprint density at radius 2 is 0.864 bits per heavy atom. The number of hydrogen-bond acceptors (Lipinski definition) is 4. The molecule has 2 saturated carbocycles. The molecule has 59 heavy (non-hydrogen) atoms. The molecule has 328 valence electrons. The van der Waals surface area contributed by atoms with Gasteiger partial charge >= 0.3 is 11.9 Å². The van der Waals surface area contributed by atoms with E-state index in [0.29, 0.717) is 49.7 Å². The summed E-state index contributed by atoms with van der Waals surface area (Å²) in [4.78, 5) is 27.2. The Balaban J connectivity index is 1.17. The molecule has 12 heteroatoms. The lowest BCUT2D eigenvalue weighted by atomic mass is 9.73. The Morgan fingerprint density at radius 3 is 1.22 bits per heavy atom. The van der Waals surface area contributed by atoms with Crippen LogP contribution in [0.4, 0.5) is 35.1 Å². The van der Waals surface area contributed by atoms with Crippen LogP contribution in [0.1, 0.15) is 165 Å². The van der Waals surface area contributed by atoms with Crippen LogP contribution < -0.4 is 9.47 Å². The zero-order valence-electron chi connectivity index (χ0n) is 34.5. The highest BCUT2D eigenvalue weighted by Gasteiger charge is 2.62. The van der Waals surface area contributed by atoms with Crippen LogP contribution in [0.3, 0.4) is 0 Å². The van der Waals surface area contributed by atoms with Crippen molar-refractivity contribution >= 4 is 11.9 Å². The van der Waals surface area contributed by atoms with Crippen molar-refractivity contribution in [2.75, 3.05) is 0 Å². The van der Waals surface area contributed by atoms with E-state index in [2.05, 4.69) is 0 Å². The van der Waals surface area contributed by atoms with Gasteiger partial charge in [0, 0.05) is 42.2 Å². The van der Waals surface area contributed by atoms with E-state index >= 15 is 35.1 Å². The number of fused-ring (bicyclic) bond motifs is 4. The third kappa shape index (κ3) is 9.82. The Labute approximate surface area is 343 Å². The smallest absolute Gasteiger partial charge is 0.314 e. The Kier molecular flexibility index (Phi) is 14.2. The summed E-state index contributed by atoms with van der Waals surface area (Å²) in [5.41, 5.74) is 1.69. The Morgan fingerprint density at radius 1 is 0.525 bits per heavy atom. The summed E-state index contributed by atoms with van der Waals surface area (Å²) in [6.07, 6.45) is 6.15. The van der Waals surface area contributed by atoms with E-state index < -0.39 is 90.4 Å². The van der Waals surface area contributed by atoms with Crippen LogP contribution in [0.25, 0.3) is 0 Å². The fourth-order valence-corrected chi connectivity index (χ4v) is 10.7. The Hall–Kier alpha value is -3.18. The second-order valence-electron chi connectivity index (χ2n) is 18.0. The minimum Gasteiger partial charge on any atom is -0.426 e. The maximum Gasteiger partial charge on any atom is 0.314 e. The molecular formula is C47H60F8O4. The highest BCUT2D eigenvalue weighted by atomic mass is 19.3. The summed E-state index contributed by atoms with van der Waals surface area (Å²) in [6, 6.07) is 9.88. The second-order valence-corrected chi connectivity index (χ2v) is 18.0. The van der Waals surface area contributed by atoms with Crippen LogP contribution in [-0.4, -0.2) is 35.6 Å². The fourth-order valence-electron chi connectivity index (χ4n) is 10.7. The molecule has 2 aromatic carbocycles. The molecule has 0 saturated heterocycles. The first-order valence-corrected chi connectivity index (χ1v) is 22.1. The van der Waals surface area contributed by atoms with Crippen LogP contribution in [0.15, 0.2) is 36.4 Å². The van der Waals surface area contributed by atoms with Gasteiger partial charge in [0.25, 0.3) is 23.7 Å². The third-order valence-corrected chi connectivity index (χ3v) is 13.7. The normalized spacial score (nSPS) is 27.3. The predicted octanol–water partition coefficient (Wildman–Crippen LogP) is 13.8. The molecule has 1 spiro atoms. The lowest BCUT2D eigenvalue weighted by Gasteiger charge is -2.41. The van der Waals surface area contributed by atoms with Gasteiger partial charge in [-0.2, -0.15) is 0 Å². The average Bonchev–Trinajstić information content (AvgIpc) is 3.73. The molecule has 6 rings (SSSR count). The highest BCUT2D eigenvalue weighted by molar-refractivity contribution is 5.78. The maximum absolute atomic E-state index is 15.4. The molecule has 4 aliphatic carbocycles. The molecule has 0 aliphatic heterocycles. The second kappa shape index (κ2) is 18.4. The van der Waals surface area contributed by atoms with Gasteiger partial charge in [0.05, 0.1) is 23.7 Å².